The van der Waals surface area contributed by atoms with Gasteiger partial charge in [0.1, 0.15) is 48.5 Å². The third-order valence-corrected chi connectivity index (χ3v) is 10.9. The van der Waals surface area contributed by atoms with E-state index in [9.17, 15) is 29.6 Å². The van der Waals surface area contributed by atoms with E-state index in [-0.39, 0.29) is 11.8 Å². The smallest absolute Gasteiger partial charge is 0.223 e. The van der Waals surface area contributed by atoms with Crippen LogP contribution < -0.4 is 14.4 Å². The highest BCUT2D eigenvalue weighted by Gasteiger charge is 2.51. The molecule has 272 valence electrons. The molecule has 6 rings (SSSR count). The summed E-state index contributed by atoms with van der Waals surface area (Å²) >= 11 is 0. The molecule has 0 N–H and O–H groups in total. The molecule has 2 fully saturated rings. The summed E-state index contributed by atoms with van der Waals surface area (Å²) in [6, 6.07) is 13.2. The number of carbonyl (C=O) groups excluding carboxylic acids is 2. The molecule has 0 radical (unpaired) electrons. The van der Waals surface area contributed by atoms with Gasteiger partial charge in [0.05, 0.1) is 55.4 Å². The zero-order valence-electron chi connectivity index (χ0n) is 29.2. The van der Waals surface area contributed by atoms with Gasteiger partial charge in [0.2, 0.25) is 11.8 Å². The summed E-state index contributed by atoms with van der Waals surface area (Å²) in [6.45, 7) is 7.50. The van der Waals surface area contributed by atoms with Crippen molar-refractivity contribution in [1.82, 2.24) is 9.80 Å². The second-order valence-corrected chi connectivity index (χ2v) is 16.4. The second kappa shape index (κ2) is 14.5. The van der Waals surface area contributed by atoms with Crippen LogP contribution in [0.5, 0.6) is 11.5 Å². The molecule has 2 aromatic rings. The Morgan fingerprint density at radius 3 is 1.55 bits per heavy atom. The van der Waals surface area contributed by atoms with Gasteiger partial charge in [-0.1, -0.05) is 0 Å². The van der Waals surface area contributed by atoms with E-state index >= 15 is 0 Å². The number of nitriles is 2. The minimum absolute atomic E-state index is 0.0402. The Balaban J connectivity index is 1.07. The predicted molar refractivity (Wildman–Crippen MR) is 178 cm³/mol. The zero-order valence-corrected chi connectivity index (χ0v) is 30.1. The Morgan fingerprint density at radius 1 is 0.784 bits per heavy atom. The first-order chi connectivity index (χ1) is 24.2. The van der Waals surface area contributed by atoms with Crippen molar-refractivity contribution in [1.29, 1.82) is 10.5 Å². The third kappa shape index (κ3) is 7.63. The molecule has 2 saturated heterocycles. The number of benzene rings is 2. The minimum atomic E-state index is -4.23. The molecule has 15 heteroatoms. The highest BCUT2D eigenvalue weighted by atomic mass is 31.2. The highest BCUT2D eigenvalue weighted by Crippen LogP contribution is 2.48. The fraction of sp³-hybridized carbons (Fsp3) is 0.556. The Labute approximate surface area is 297 Å². The summed E-state index contributed by atoms with van der Waals surface area (Å²) in [5.41, 5.74) is 0.270. The molecule has 4 atom stereocenters. The molecule has 0 aliphatic carbocycles. The molecule has 51 heavy (non-hydrogen) atoms. The molecule has 0 bridgehead atoms. The molecule has 4 aliphatic heterocycles. The van der Waals surface area contributed by atoms with Crippen LogP contribution in [-0.2, 0) is 33.1 Å². The summed E-state index contributed by atoms with van der Waals surface area (Å²) < 4.78 is 48.6. The normalized spacial score (nSPS) is 25.0. The van der Waals surface area contributed by atoms with Gasteiger partial charge in [-0.25, -0.2) is 0 Å². The average Bonchev–Trinajstić information content (AvgIpc) is 3.71. The number of fused-ring (bicyclic) bond motifs is 2. The van der Waals surface area contributed by atoms with Gasteiger partial charge in [-0.15, -0.1) is 0 Å². The number of carbonyl (C=O) groups is 2. The van der Waals surface area contributed by atoms with E-state index in [1.807, 2.05) is 27.7 Å². The van der Waals surface area contributed by atoms with Gasteiger partial charge in [-0.05, 0) is 76.9 Å². The van der Waals surface area contributed by atoms with Gasteiger partial charge in [-0.2, -0.15) is 10.5 Å². The van der Waals surface area contributed by atoms with E-state index < -0.39 is 69.1 Å². The first-order valence-electron chi connectivity index (χ1n) is 17.0. The average molecular weight is 722 g/mol. The molecule has 14 nitrogen and oxygen atoms in total. The third-order valence-electron chi connectivity index (χ3n) is 9.73. The minimum Gasteiger partial charge on any atom is -0.796 e. The Hall–Kier alpha value is -4.01. The van der Waals surface area contributed by atoms with E-state index in [0.29, 0.717) is 72.5 Å². The van der Waals surface area contributed by atoms with E-state index in [1.165, 1.54) is 0 Å². The van der Waals surface area contributed by atoms with Crippen LogP contribution in [0, 0.1) is 22.7 Å². The standard InChI is InChI=1S/C36H43N4O10P/c1-35(2)33(31(39-13-5-7-29(39)41)25-15-23(17-37)9-11-27(25)49-35)47-19-45-21-51(43,44)22-46-20-48-34-32(40-14-6-8-30(40)42)26-16-24(18-38)10-12-28(26)50-36(34,3)4/h9-12,15-16,31-34H,5-8,13-14,19-22H2,1-4H3,(H,43,44)/p-1/t31-,32-,33+,34+/m0/s1. The van der Waals surface area contributed by atoms with Crippen LogP contribution in [0.25, 0.3) is 0 Å². The van der Waals surface area contributed by atoms with Crippen molar-refractivity contribution >= 4 is 19.2 Å². The Kier molecular flexibility index (Phi) is 10.5. The first kappa shape index (κ1) is 36.8. The van der Waals surface area contributed by atoms with Crippen molar-refractivity contribution in [2.24, 2.45) is 0 Å². The molecule has 0 spiro atoms. The fourth-order valence-electron chi connectivity index (χ4n) is 7.46. The highest BCUT2D eigenvalue weighted by molar-refractivity contribution is 7.56. The Bertz CT molecular complexity index is 1680. The maximum absolute atomic E-state index is 12.9. The van der Waals surface area contributed by atoms with Crippen LogP contribution >= 0.6 is 7.37 Å². The lowest BCUT2D eigenvalue weighted by Crippen LogP contribution is -2.55. The van der Waals surface area contributed by atoms with Gasteiger partial charge in [0.15, 0.2) is 0 Å². The SMILES string of the molecule is CC1(C)Oc2ccc(C#N)cc2[C@H](N2CCCC2=O)[C@H]1OCOCP(=O)([O-])COCO[C@@H]1[C@@H](N2CCCC2=O)c2cc(C#N)ccc2OC1(C)C. The predicted octanol–water partition coefficient (Wildman–Crippen LogP) is 4.07. The van der Waals surface area contributed by atoms with Gasteiger partial charge in [0, 0.05) is 37.1 Å². The van der Waals surface area contributed by atoms with Crippen LogP contribution in [0.3, 0.4) is 0 Å². The van der Waals surface area contributed by atoms with Crippen molar-refractivity contribution in [3.63, 3.8) is 0 Å². The molecule has 2 amide bonds. The van der Waals surface area contributed by atoms with E-state index in [4.69, 9.17) is 28.4 Å². The lowest BCUT2D eigenvalue weighted by Gasteiger charge is -2.47. The molecule has 4 aliphatic rings. The monoisotopic (exact) mass is 721 g/mol. The van der Waals surface area contributed by atoms with Crippen molar-refractivity contribution in [3.8, 4) is 23.6 Å². The van der Waals surface area contributed by atoms with Crippen LogP contribution in [-0.4, -0.2) is 84.4 Å². The number of likely N-dealkylation sites (tertiary alicyclic amines) is 2. The van der Waals surface area contributed by atoms with Crippen LogP contribution in [0.15, 0.2) is 36.4 Å². The lowest BCUT2D eigenvalue weighted by molar-refractivity contribution is -0.204. The lowest BCUT2D eigenvalue weighted by atomic mass is 9.85. The second-order valence-electron chi connectivity index (χ2n) is 14.3. The summed E-state index contributed by atoms with van der Waals surface area (Å²) in [7, 11) is -4.23. The largest absolute Gasteiger partial charge is 0.796 e. The number of ether oxygens (including phenoxy) is 6. The number of amides is 2. The van der Waals surface area contributed by atoms with Gasteiger partial charge < -0.3 is 47.7 Å². The quantitative estimate of drug-likeness (QED) is 0.174. The van der Waals surface area contributed by atoms with Crippen molar-refractivity contribution in [2.75, 3.05) is 39.4 Å². The Morgan fingerprint density at radius 2 is 1.20 bits per heavy atom. The van der Waals surface area contributed by atoms with Crippen LogP contribution in [0.4, 0.5) is 0 Å². The van der Waals surface area contributed by atoms with Gasteiger partial charge in [0.25, 0.3) is 0 Å². The summed E-state index contributed by atoms with van der Waals surface area (Å²) in [5, 5.41) is 19.0. The van der Waals surface area contributed by atoms with Crippen LogP contribution in [0.1, 0.15) is 87.7 Å². The topological polar surface area (TPSA) is 184 Å². The maximum Gasteiger partial charge on any atom is 0.223 e. The van der Waals surface area contributed by atoms with Crippen molar-refractivity contribution < 1.29 is 47.5 Å². The molecule has 0 saturated carbocycles. The van der Waals surface area contributed by atoms with E-state index in [2.05, 4.69) is 12.1 Å². The fourth-order valence-corrected chi connectivity index (χ4v) is 8.24. The maximum atomic E-state index is 12.9. The molecule has 0 aromatic heterocycles. The van der Waals surface area contributed by atoms with E-state index in [0.717, 1.165) is 0 Å². The van der Waals surface area contributed by atoms with Crippen LogP contribution in [0.2, 0.25) is 0 Å². The molecule has 2 aromatic carbocycles. The number of rotatable bonds is 12. The summed E-state index contributed by atoms with van der Waals surface area (Å²) in [5.74, 6) is 1.01. The number of hydrogen-bond acceptors (Lipinski definition) is 12. The number of nitrogens with zero attached hydrogens (tertiary/aromatic N) is 4. The molecular weight excluding hydrogens is 679 g/mol. The van der Waals surface area contributed by atoms with Crippen molar-refractivity contribution in [3.05, 3.63) is 58.7 Å². The van der Waals surface area contributed by atoms with Crippen molar-refractivity contribution in [2.45, 2.75) is 88.9 Å². The number of hydrogen-bond donors (Lipinski definition) is 0. The van der Waals surface area contributed by atoms with Gasteiger partial charge in [-0.3, -0.25) is 9.59 Å². The van der Waals surface area contributed by atoms with E-state index in [1.54, 1.807) is 46.2 Å². The first-order valence-corrected chi connectivity index (χ1v) is 19.0. The zero-order chi connectivity index (χ0) is 36.6. The molecule has 0 unspecified atom stereocenters. The summed E-state index contributed by atoms with van der Waals surface area (Å²) in [6.07, 6.45) is -0.662. The molecular formula is C36H42N4O10P-. The molecule has 4 heterocycles. The van der Waals surface area contributed by atoms with Gasteiger partial charge >= 0.3 is 0 Å². The summed E-state index contributed by atoms with van der Waals surface area (Å²) in [4.78, 5) is 42.2.